The van der Waals surface area contributed by atoms with Gasteiger partial charge < -0.3 is 14.4 Å². The van der Waals surface area contributed by atoms with Crippen LogP contribution in [0.25, 0.3) is 0 Å². The lowest BCUT2D eigenvalue weighted by atomic mass is 9.95. The zero-order chi connectivity index (χ0) is 18.7. The summed E-state index contributed by atoms with van der Waals surface area (Å²) in [6.45, 7) is 3.85. The monoisotopic (exact) mass is 361 g/mol. The molecule has 2 amide bonds. The van der Waals surface area contributed by atoms with Crippen LogP contribution in [0, 0.1) is 5.92 Å². The Morgan fingerprint density at radius 3 is 2.42 bits per heavy atom. The maximum Gasteiger partial charge on any atom is 0.309 e. The van der Waals surface area contributed by atoms with Crippen LogP contribution in [-0.4, -0.2) is 50.6 Å². The zero-order valence-electron chi connectivity index (χ0n) is 15.2. The summed E-state index contributed by atoms with van der Waals surface area (Å²) in [4.78, 5) is 39.3. The molecule has 2 aliphatic heterocycles. The average Bonchev–Trinajstić information content (AvgIpc) is 2.96. The number of nitrogens with zero attached hydrogens (tertiary/aromatic N) is 1. The summed E-state index contributed by atoms with van der Waals surface area (Å²) >= 11 is 0. The first-order chi connectivity index (χ1) is 12.5. The number of hydrogen-bond acceptors (Lipinski definition) is 5. The van der Waals surface area contributed by atoms with Gasteiger partial charge in [0.15, 0.2) is 6.04 Å². The molecule has 3 rings (SSSR count). The number of imide groups is 1. The molecule has 0 spiro atoms. The van der Waals surface area contributed by atoms with Gasteiger partial charge in [0.1, 0.15) is 5.75 Å². The summed E-state index contributed by atoms with van der Waals surface area (Å²) in [5.41, 5.74) is 0.579. The van der Waals surface area contributed by atoms with Crippen LogP contribution in [-0.2, 0) is 19.1 Å². The number of rotatable bonds is 5. The van der Waals surface area contributed by atoms with Crippen LogP contribution in [0.1, 0.15) is 26.2 Å². The van der Waals surface area contributed by atoms with E-state index in [4.69, 9.17) is 9.47 Å². The molecule has 1 N–H and O–H groups in total. The molecule has 2 fully saturated rings. The molecule has 1 atom stereocenters. The third kappa shape index (κ3) is 3.58. The maximum atomic E-state index is 12.9. The Morgan fingerprint density at radius 2 is 1.85 bits per heavy atom. The molecular formula is C19H25N2O5+. The molecule has 2 saturated heterocycles. The Labute approximate surface area is 152 Å². The van der Waals surface area contributed by atoms with Gasteiger partial charge in [-0.05, 0) is 31.2 Å². The van der Waals surface area contributed by atoms with Gasteiger partial charge in [-0.1, -0.05) is 0 Å². The number of quaternary nitrogens is 1. The molecule has 0 aliphatic carbocycles. The molecule has 26 heavy (non-hydrogen) atoms. The van der Waals surface area contributed by atoms with E-state index in [1.54, 1.807) is 24.3 Å². The van der Waals surface area contributed by atoms with Crippen molar-refractivity contribution < 1.29 is 28.8 Å². The van der Waals surface area contributed by atoms with Gasteiger partial charge in [-0.3, -0.25) is 14.4 Å². The molecule has 7 heteroatoms. The van der Waals surface area contributed by atoms with E-state index >= 15 is 0 Å². The second-order valence-corrected chi connectivity index (χ2v) is 6.71. The number of amides is 2. The van der Waals surface area contributed by atoms with Crippen molar-refractivity contribution in [1.82, 2.24) is 0 Å². The summed E-state index contributed by atoms with van der Waals surface area (Å²) in [7, 11) is 1.40. The zero-order valence-corrected chi connectivity index (χ0v) is 15.2. The van der Waals surface area contributed by atoms with Crippen molar-refractivity contribution >= 4 is 23.5 Å². The van der Waals surface area contributed by atoms with E-state index in [-0.39, 0.29) is 36.2 Å². The third-order valence-electron chi connectivity index (χ3n) is 5.21. The minimum Gasteiger partial charge on any atom is -0.494 e. The standard InChI is InChI=1S/C19H24N2O5/c1-3-26-15-6-4-14(5-7-15)21-17(22)12-16(18(21)23)20-10-8-13(9-11-20)19(24)25-2/h4-7,13,16H,3,8-12H2,1-2H3/p+1/t16-/m1/s1. The van der Waals surface area contributed by atoms with Crippen LogP contribution >= 0.6 is 0 Å². The van der Waals surface area contributed by atoms with Gasteiger partial charge in [0, 0.05) is 12.8 Å². The van der Waals surface area contributed by atoms with E-state index in [9.17, 15) is 14.4 Å². The topological polar surface area (TPSA) is 77.3 Å². The lowest BCUT2D eigenvalue weighted by Gasteiger charge is -2.30. The molecule has 7 nitrogen and oxygen atoms in total. The van der Waals surface area contributed by atoms with Crippen LogP contribution in [0.5, 0.6) is 5.75 Å². The predicted octanol–water partition coefficient (Wildman–Crippen LogP) is 0.185. The first-order valence-corrected chi connectivity index (χ1v) is 9.07. The van der Waals surface area contributed by atoms with E-state index in [1.807, 2.05) is 6.92 Å². The third-order valence-corrected chi connectivity index (χ3v) is 5.21. The van der Waals surface area contributed by atoms with Gasteiger partial charge >= 0.3 is 5.97 Å². The molecule has 0 aromatic heterocycles. The van der Waals surface area contributed by atoms with Crippen LogP contribution in [0.2, 0.25) is 0 Å². The Morgan fingerprint density at radius 1 is 1.19 bits per heavy atom. The molecule has 0 unspecified atom stereocenters. The molecule has 140 valence electrons. The number of piperidine rings is 1. The second kappa shape index (κ2) is 7.86. The summed E-state index contributed by atoms with van der Waals surface area (Å²) < 4.78 is 10.2. The number of carbonyl (C=O) groups is 3. The molecular weight excluding hydrogens is 336 g/mol. The molecule has 1 aromatic carbocycles. The van der Waals surface area contributed by atoms with Crippen LogP contribution in [0.4, 0.5) is 5.69 Å². The quantitative estimate of drug-likeness (QED) is 0.598. The van der Waals surface area contributed by atoms with E-state index < -0.39 is 0 Å². The first-order valence-electron chi connectivity index (χ1n) is 9.07. The van der Waals surface area contributed by atoms with Gasteiger partial charge in [-0.2, -0.15) is 0 Å². The number of methoxy groups -OCH3 is 1. The fourth-order valence-electron chi connectivity index (χ4n) is 3.82. The molecule has 2 aliphatic rings. The van der Waals surface area contributed by atoms with Gasteiger partial charge in [-0.15, -0.1) is 0 Å². The number of benzene rings is 1. The van der Waals surface area contributed by atoms with Gasteiger partial charge in [-0.25, -0.2) is 4.90 Å². The highest BCUT2D eigenvalue weighted by Gasteiger charge is 2.47. The van der Waals surface area contributed by atoms with E-state index in [0.29, 0.717) is 44.0 Å². The van der Waals surface area contributed by atoms with Gasteiger partial charge in [0.25, 0.3) is 5.91 Å². The van der Waals surface area contributed by atoms with Crippen molar-refractivity contribution in [2.45, 2.75) is 32.2 Å². The normalized spacial score (nSPS) is 26.1. The van der Waals surface area contributed by atoms with Gasteiger partial charge in [0.05, 0.1) is 44.8 Å². The van der Waals surface area contributed by atoms with Crippen LogP contribution in [0.3, 0.4) is 0 Å². The Bertz CT molecular complexity index is 680. The molecule has 0 radical (unpaired) electrons. The minimum absolute atomic E-state index is 0.0989. The van der Waals surface area contributed by atoms with Crippen molar-refractivity contribution in [1.29, 1.82) is 0 Å². The lowest BCUT2D eigenvalue weighted by molar-refractivity contribution is -0.920. The summed E-state index contributed by atoms with van der Waals surface area (Å²) in [6.07, 6.45) is 1.58. The van der Waals surface area contributed by atoms with Crippen molar-refractivity contribution in [2.75, 3.05) is 31.7 Å². The van der Waals surface area contributed by atoms with Crippen molar-refractivity contribution in [3.8, 4) is 5.75 Å². The number of ether oxygens (including phenoxy) is 2. The van der Waals surface area contributed by atoms with Crippen molar-refractivity contribution in [3.63, 3.8) is 0 Å². The predicted molar refractivity (Wildman–Crippen MR) is 93.9 cm³/mol. The van der Waals surface area contributed by atoms with Gasteiger partial charge in [0.2, 0.25) is 5.91 Å². The number of hydrogen-bond donors (Lipinski definition) is 1. The molecule has 2 heterocycles. The highest BCUT2D eigenvalue weighted by Crippen LogP contribution is 2.25. The first kappa shape index (κ1) is 18.4. The average molecular weight is 361 g/mol. The number of carbonyl (C=O) groups excluding carboxylic acids is 3. The van der Waals surface area contributed by atoms with E-state index in [0.717, 1.165) is 4.90 Å². The van der Waals surface area contributed by atoms with Crippen molar-refractivity contribution in [2.24, 2.45) is 5.92 Å². The Hall–Kier alpha value is -2.41. The van der Waals surface area contributed by atoms with Crippen LogP contribution < -0.4 is 14.5 Å². The lowest BCUT2D eigenvalue weighted by Crippen LogP contribution is -3.17. The largest absolute Gasteiger partial charge is 0.494 e. The summed E-state index contributed by atoms with van der Waals surface area (Å²) in [5, 5.41) is 0. The minimum atomic E-state index is -0.368. The number of likely N-dealkylation sites (tertiary alicyclic amines) is 1. The fourth-order valence-corrected chi connectivity index (χ4v) is 3.82. The highest BCUT2D eigenvalue weighted by molar-refractivity contribution is 6.21. The van der Waals surface area contributed by atoms with Crippen molar-refractivity contribution in [3.05, 3.63) is 24.3 Å². The molecule has 0 saturated carbocycles. The molecule has 0 bridgehead atoms. The molecule has 1 aromatic rings. The Kier molecular flexibility index (Phi) is 5.56. The number of nitrogens with one attached hydrogen (secondary N) is 1. The van der Waals surface area contributed by atoms with E-state index in [2.05, 4.69) is 0 Å². The Balaban J connectivity index is 1.66. The maximum absolute atomic E-state index is 12.9. The second-order valence-electron chi connectivity index (χ2n) is 6.71. The van der Waals surface area contributed by atoms with E-state index in [1.165, 1.54) is 12.0 Å². The van der Waals surface area contributed by atoms with Crippen LogP contribution in [0.15, 0.2) is 24.3 Å². The summed E-state index contributed by atoms with van der Waals surface area (Å²) in [6, 6.07) is 6.64. The number of anilines is 1. The number of esters is 1. The fraction of sp³-hybridized carbons (Fsp3) is 0.526. The smallest absolute Gasteiger partial charge is 0.309 e. The SMILES string of the molecule is CCOc1ccc(N2C(=O)C[C@@H]([NH+]3CCC(C(=O)OC)CC3)C2=O)cc1. The highest BCUT2D eigenvalue weighted by atomic mass is 16.5. The summed E-state index contributed by atoms with van der Waals surface area (Å²) in [5.74, 6) is 0.0897.